The summed E-state index contributed by atoms with van der Waals surface area (Å²) in [7, 11) is 0. The van der Waals surface area contributed by atoms with Gasteiger partial charge in [-0.1, -0.05) is 262 Å². The largest absolute Gasteiger partial charge is 0.356 e. The number of amides is 6. The van der Waals surface area contributed by atoms with E-state index >= 15 is 0 Å². The average Bonchev–Trinajstić information content (AvgIpc) is 0.886. The van der Waals surface area contributed by atoms with Crippen LogP contribution in [0.4, 0.5) is 0 Å². The molecule has 6 unspecified atom stereocenters. The first kappa shape index (κ1) is 125. The predicted octanol–water partition coefficient (Wildman–Crippen LogP) is 21.5. The van der Waals surface area contributed by atoms with Gasteiger partial charge >= 0.3 is 0 Å². The molecule has 21 heteroatoms. The molecule has 0 aromatic carbocycles. The third-order valence-electron chi connectivity index (χ3n) is 23.3. The van der Waals surface area contributed by atoms with Crippen LogP contribution in [-0.2, 0) is 57.5 Å². The van der Waals surface area contributed by atoms with E-state index in [2.05, 4.69) is 172 Å². The standard InChI is InChI=1S/C40H75N3O5.C35H67N3O4.C30H59N3O3/c1-30(2)19-9-12-24-37(45)41-27-17-15-22-34(40(48)33(7)8)29-36(44)35(43-39(47)26-14-11-21-32(5)6)23-16-18-28-42-38(46)25-13-10-20-31(3)4;1-26(2)17-9-11-21-33(40)37-24-16-14-20-31(38-34(41)22-12-10-18-27(3)4)32(39)25-30(35(42)28(5)6)19-13-15-23-36-29(7)8;1-22(2)15-9-10-18-29(35)32-20-14-12-17-27(33-25(7)8)28(34)21-26(30(36)23(3)4)16-11-13-19-31-24(5)6/h30-35H,9-29H2,1-8H3,(H,41,45)(H,42,46)(H,43,47);26-31,36H,9-25H2,1-8H3,(H,37,40)(H,38,41);22-27,31,33H,9-21H2,1-8H3,(H,32,35). The zero-order valence-electron chi connectivity index (χ0n) is 85.9. The molecule has 0 rings (SSSR count). The Morgan fingerprint density at radius 1 is 0.198 bits per heavy atom. The fourth-order valence-electron chi connectivity index (χ4n) is 15.5. The number of carbonyl (C=O) groups excluding carboxylic acids is 12. The maximum Gasteiger partial charge on any atom is 0.220 e. The van der Waals surface area contributed by atoms with Crippen LogP contribution in [0.5, 0.6) is 0 Å². The van der Waals surface area contributed by atoms with Crippen molar-refractivity contribution in [1.82, 2.24) is 47.9 Å². The average molecular weight is 1780 g/mol. The van der Waals surface area contributed by atoms with Gasteiger partial charge in [0.2, 0.25) is 35.4 Å². The minimum atomic E-state index is -0.633. The Hall–Kier alpha value is -5.28. The summed E-state index contributed by atoms with van der Waals surface area (Å²) in [5, 5.41) is 28.3. The highest BCUT2D eigenvalue weighted by Gasteiger charge is 2.32. The molecule has 0 saturated heterocycles. The number of Topliss-reactive ketones (excluding diaryl/α,β-unsaturated/α-hetero) is 6. The Balaban J connectivity index is -0.00000182. The summed E-state index contributed by atoms with van der Waals surface area (Å²) in [5.74, 6) is 3.19. The van der Waals surface area contributed by atoms with Gasteiger partial charge in [-0.05, 0) is 183 Å². The Kier molecular flexibility index (Phi) is 79.8. The zero-order chi connectivity index (χ0) is 95.7. The van der Waals surface area contributed by atoms with Gasteiger partial charge in [-0.25, -0.2) is 0 Å². The highest BCUT2D eigenvalue weighted by molar-refractivity contribution is 5.95. The van der Waals surface area contributed by atoms with Crippen LogP contribution in [0, 0.1) is 71.0 Å². The SMILES string of the molecule is CC(C)CCCCC(=O)NCCCCC(CC(=O)C(CCCCNC(=O)CCCCC(C)C)NC(=O)CCCCC(C)C)C(=O)C(C)C.CC(C)CCCCC(=O)NCCCCC(NC(=O)CCCCC(C)C)C(=O)CC(CCCCNC(C)C)C(=O)C(C)C.CC(C)CCCCC(=O)NCCCCC(NC(C)C)C(=O)CC(CCCCNC(C)C)C(=O)C(C)C. The molecular weight excluding hydrogens is 1580 g/mol. The molecule has 0 saturated carbocycles. The molecule has 0 radical (unpaired) electrons. The summed E-state index contributed by atoms with van der Waals surface area (Å²) in [6.45, 7) is 54.5. The van der Waals surface area contributed by atoms with Gasteiger partial charge in [0.15, 0.2) is 11.6 Å². The van der Waals surface area contributed by atoms with Crippen LogP contribution < -0.4 is 47.9 Å². The highest BCUT2D eigenvalue weighted by atomic mass is 16.2. The number of hydrogen-bond acceptors (Lipinski definition) is 15. The Morgan fingerprint density at radius 3 is 0.611 bits per heavy atom. The number of hydrogen-bond donors (Lipinski definition) is 9. The van der Waals surface area contributed by atoms with Crippen molar-refractivity contribution in [1.29, 1.82) is 0 Å². The van der Waals surface area contributed by atoms with Crippen molar-refractivity contribution >= 4 is 70.1 Å². The molecule has 9 N–H and O–H groups in total. The number of carbonyl (C=O) groups is 12. The van der Waals surface area contributed by atoms with Crippen LogP contribution in [0.1, 0.15) is 455 Å². The first-order chi connectivity index (χ1) is 59.5. The molecule has 0 heterocycles. The number of rotatable bonds is 81. The summed E-state index contributed by atoms with van der Waals surface area (Å²) < 4.78 is 0. The third-order valence-corrected chi connectivity index (χ3v) is 23.3. The minimum absolute atomic E-state index is 0.0426. The van der Waals surface area contributed by atoms with E-state index in [0.29, 0.717) is 151 Å². The molecule has 0 aromatic rings. The monoisotopic (exact) mass is 1780 g/mol. The van der Waals surface area contributed by atoms with E-state index in [-0.39, 0.29) is 125 Å². The van der Waals surface area contributed by atoms with Crippen molar-refractivity contribution in [2.24, 2.45) is 71.0 Å². The summed E-state index contributed by atoms with van der Waals surface area (Å²) in [6, 6.07) is -0.359. The van der Waals surface area contributed by atoms with Gasteiger partial charge in [-0.3, -0.25) is 57.5 Å². The molecule has 126 heavy (non-hydrogen) atoms. The Bertz CT molecular complexity index is 2840. The normalized spacial score (nSPS) is 13.1. The molecule has 0 fully saturated rings. The second kappa shape index (κ2) is 80.6. The van der Waals surface area contributed by atoms with E-state index in [1.165, 1.54) is 6.42 Å². The summed E-state index contributed by atoms with van der Waals surface area (Å²) >= 11 is 0. The topological polar surface area (TPSA) is 313 Å². The van der Waals surface area contributed by atoms with Gasteiger partial charge < -0.3 is 47.9 Å². The first-order valence-electron chi connectivity index (χ1n) is 51.6. The Morgan fingerprint density at radius 2 is 0.397 bits per heavy atom. The summed E-state index contributed by atoms with van der Waals surface area (Å²) in [6.07, 6.45) is 35.7. The summed E-state index contributed by atoms with van der Waals surface area (Å²) in [5.41, 5.74) is 0. The fourth-order valence-corrected chi connectivity index (χ4v) is 15.5. The van der Waals surface area contributed by atoms with E-state index in [4.69, 9.17) is 0 Å². The molecule has 0 aliphatic rings. The van der Waals surface area contributed by atoms with E-state index in [1.807, 2.05) is 41.5 Å². The maximum absolute atomic E-state index is 13.7. The van der Waals surface area contributed by atoms with Crippen LogP contribution in [-0.4, -0.2) is 146 Å². The molecule has 0 bridgehead atoms. The smallest absolute Gasteiger partial charge is 0.220 e. The predicted molar refractivity (Wildman–Crippen MR) is 526 cm³/mol. The number of ketones is 6. The third kappa shape index (κ3) is 78.6. The fraction of sp³-hybridized carbons (Fsp3) is 0.886. The van der Waals surface area contributed by atoms with Crippen molar-refractivity contribution in [2.75, 3.05) is 39.3 Å². The number of unbranched alkanes of at least 4 members (excludes halogenated alkanes) is 12. The van der Waals surface area contributed by atoms with E-state index in [9.17, 15) is 57.5 Å². The second-order valence-corrected chi connectivity index (χ2v) is 41.3. The van der Waals surface area contributed by atoms with Gasteiger partial charge in [0.1, 0.15) is 23.1 Å². The van der Waals surface area contributed by atoms with E-state index in [1.54, 1.807) is 0 Å². The molecule has 0 aliphatic heterocycles. The van der Waals surface area contributed by atoms with Gasteiger partial charge in [-0.2, -0.15) is 0 Å². The van der Waals surface area contributed by atoms with Crippen molar-refractivity contribution in [3.63, 3.8) is 0 Å². The van der Waals surface area contributed by atoms with Crippen molar-refractivity contribution in [3.8, 4) is 0 Å². The molecule has 6 amide bonds. The van der Waals surface area contributed by atoms with Crippen molar-refractivity contribution in [3.05, 3.63) is 0 Å². The first-order valence-corrected chi connectivity index (χ1v) is 51.6. The van der Waals surface area contributed by atoms with Gasteiger partial charge in [0.05, 0.1) is 18.1 Å². The minimum Gasteiger partial charge on any atom is -0.356 e. The quantitative estimate of drug-likeness (QED) is 0.0256. The van der Waals surface area contributed by atoms with Crippen LogP contribution in [0.25, 0.3) is 0 Å². The van der Waals surface area contributed by atoms with E-state index in [0.717, 1.165) is 206 Å². The molecule has 0 aliphatic carbocycles. The van der Waals surface area contributed by atoms with E-state index < -0.39 is 18.0 Å². The molecule has 738 valence electrons. The number of nitrogens with one attached hydrogen (secondary N) is 9. The van der Waals surface area contributed by atoms with Crippen molar-refractivity contribution in [2.45, 2.75) is 491 Å². The lowest BCUT2D eigenvalue weighted by atomic mass is 9.85. The molecule has 0 aromatic heterocycles. The second-order valence-electron chi connectivity index (χ2n) is 41.3. The van der Waals surface area contributed by atoms with Crippen LogP contribution in [0.15, 0.2) is 0 Å². The summed E-state index contributed by atoms with van der Waals surface area (Å²) in [4.78, 5) is 154. The lowest BCUT2D eigenvalue weighted by molar-refractivity contribution is -0.132. The molecule has 21 nitrogen and oxygen atoms in total. The molecule has 0 spiro atoms. The van der Waals surface area contributed by atoms with Gasteiger partial charge in [-0.15, -0.1) is 0 Å². The van der Waals surface area contributed by atoms with Gasteiger partial charge in [0.25, 0.3) is 0 Å². The van der Waals surface area contributed by atoms with Crippen LogP contribution in [0.3, 0.4) is 0 Å². The van der Waals surface area contributed by atoms with Gasteiger partial charge in [0, 0.05) is 138 Å². The maximum atomic E-state index is 13.7. The van der Waals surface area contributed by atoms with Crippen molar-refractivity contribution < 1.29 is 57.5 Å². The lowest BCUT2D eigenvalue weighted by Gasteiger charge is -2.24. The lowest BCUT2D eigenvalue weighted by Crippen LogP contribution is -2.42. The zero-order valence-corrected chi connectivity index (χ0v) is 85.9. The van der Waals surface area contributed by atoms with Crippen LogP contribution >= 0.6 is 0 Å². The Labute approximate surface area is 773 Å². The highest BCUT2D eigenvalue weighted by Crippen LogP contribution is 2.26. The molecular formula is C105H201N9O12. The molecule has 6 atom stereocenters. The van der Waals surface area contributed by atoms with Crippen LogP contribution in [0.2, 0.25) is 0 Å².